The molecule has 3 aromatic rings. The highest BCUT2D eigenvalue weighted by Crippen LogP contribution is 2.36. The number of hydrogen-bond donors (Lipinski definition) is 0. The predicted molar refractivity (Wildman–Crippen MR) is 73.6 cm³/mol. The maximum absolute atomic E-state index is 13.3. The summed E-state index contributed by atoms with van der Waals surface area (Å²) in [5, 5.41) is 4.01. The summed E-state index contributed by atoms with van der Waals surface area (Å²) in [6, 6.07) is 9.90. The van der Waals surface area contributed by atoms with Gasteiger partial charge in [-0.05, 0) is 13.0 Å². The van der Waals surface area contributed by atoms with Crippen LogP contribution in [0, 0.1) is 0 Å². The maximum Gasteiger partial charge on any atom is 0.417 e. The molecule has 0 saturated carbocycles. The molecule has 0 unspecified atom stereocenters. The highest BCUT2D eigenvalue weighted by atomic mass is 19.4. The molecule has 108 valence electrons. The summed E-state index contributed by atoms with van der Waals surface area (Å²) in [7, 11) is 0. The number of hydrogen-bond acceptors (Lipinski definition) is 2. The van der Waals surface area contributed by atoms with Crippen molar-refractivity contribution in [2.24, 2.45) is 0 Å². The van der Waals surface area contributed by atoms with Crippen LogP contribution >= 0.6 is 0 Å². The molecule has 0 spiro atoms. The molecule has 0 bridgehead atoms. The lowest BCUT2D eigenvalue weighted by molar-refractivity contribution is -0.136. The van der Waals surface area contributed by atoms with Gasteiger partial charge in [-0.25, -0.2) is 9.67 Å². The van der Waals surface area contributed by atoms with Crippen LogP contribution in [0.1, 0.15) is 12.5 Å². The average molecular weight is 291 g/mol. The molecule has 2 aromatic heterocycles. The number of rotatable bonds is 2. The van der Waals surface area contributed by atoms with Crippen molar-refractivity contribution in [2.45, 2.75) is 19.6 Å². The molecule has 2 heterocycles. The summed E-state index contributed by atoms with van der Waals surface area (Å²) >= 11 is 0. The molecule has 21 heavy (non-hydrogen) atoms. The van der Waals surface area contributed by atoms with Gasteiger partial charge in [0.1, 0.15) is 0 Å². The largest absolute Gasteiger partial charge is 0.417 e. The summed E-state index contributed by atoms with van der Waals surface area (Å²) in [5.74, 6) is 0. The lowest BCUT2D eigenvalue weighted by Crippen LogP contribution is -2.07. The quantitative estimate of drug-likeness (QED) is 0.710. The first kappa shape index (κ1) is 13.6. The molecular weight excluding hydrogens is 279 g/mol. The molecular formula is C15H12F3N3. The number of benzene rings is 1. The van der Waals surface area contributed by atoms with E-state index in [2.05, 4.69) is 10.1 Å². The van der Waals surface area contributed by atoms with Crippen LogP contribution in [0.15, 0.2) is 42.6 Å². The van der Waals surface area contributed by atoms with Crippen molar-refractivity contribution < 1.29 is 13.2 Å². The van der Waals surface area contributed by atoms with E-state index in [0.29, 0.717) is 17.8 Å². The number of aryl methyl sites for hydroxylation is 1. The van der Waals surface area contributed by atoms with Gasteiger partial charge in [-0.3, -0.25) is 0 Å². The van der Waals surface area contributed by atoms with Gasteiger partial charge in [0.25, 0.3) is 0 Å². The Kier molecular flexibility index (Phi) is 3.16. The Balaban J connectivity index is 2.32. The van der Waals surface area contributed by atoms with Gasteiger partial charge in [0.2, 0.25) is 0 Å². The summed E-state index contributed by atoms with van der Waals surface area (Å²) in [4.78, 5) is 4.35. The van der Waals surface area contributed by atoms with Gasteiger partial charge < -0.3 is 0 Å². The van der Waals surface area contributed by atoms with Crippen LogP contribution in [0.25, 0.3) is 22.3 Å². The van der Waals surface area contributed by atoms with Crippen LogP contribution < -0.4 is 0 Å². The fourth-order valence-electron chi connectivity index (χ4n) is 2.27. The number of alkyl halides is 3. The van der Waals surface area contributed by atoms with Crippen molar-refractivity contribution in [2.75, 3.05) is 0 Å². The Morgan fingerprint density at radius 3 is 2.48 bits per heavy atom. The second kappa shape index (κ2) is 4.87. The van der Waals surface area contributed by atoms with Crippen LogP contribution in [-0.4, -0.2) is 14.8 Å². The van der Waals surface area contributed by atoms with Crippen molar-refractivity contribution in [1.29, 1.82) is 0 Å². The molecule has 0 fully saturated rings. The van der Waals surface area contributed by atoms with Crippen molar-refractivity contribution >= 4 is 11.0 Å². The topological polar surface area (TPSA) is 30.7 Å². The number of aromatic nitrogens is 3. The molecule has 0 N–H and O–H groups in total. The zero-order valence-electron chi connectivity index (χ0n) is 11.2. The zero-order valence-corrected chi connectivity index (χ0v) is 11.2. The minimum atomic E-state index is -4.44. The monoisotopic (exact) mass is 291 g/mol. The fraction of sp³-hybridized carbons (Fsp3) is 0.200. The van der Waals surface area contributed by atoms with E-state index >= 15 is 0 Å². The normalized spacial score (nSPS) is 12.0. The third-order valence-electron chi connectivity index (χ3n) is 3.28. The van der Waals surface area contributed by atoms with Gasteiger partial charge in [-0.1, -0.05) is 30.3 Å². The second-order valence-corrected chi connectivity index (χ2v) is 4.62. The van der Waals surface area contributed by atoms with Gasteiger partial charge >= 0.3 is 6.18 Å². The summed E-state index contributed by atoms with van der Waals surface area (Å²) < 4.78 is 41.3. The summed E-state index contributed by atoms with van der Waals surface area (Å²) in [6.45, 7) is 2.28. The van der Waals surface area contributed by atoms with Gasteiger partial charge in [0.15, 0.2) is 5.65 Å². The van der Waals surface area contributed by atoms with Crippen molar-refractivity contribution in [3.63, 3.8) is 0 Å². The van der Waals surface area contributed by atoms with E-state index in [1.165, 1.54) is 10.9 Å². The summed E-state index contributed by atoms with van der Waals surface area (Å²) in [6.07, 6.45) is -3.21. The number of fused-ring (bicyclic) bond motifs is 1. The average Bonchev–Trinajstić information content (AvgIpc) is 2.89. The van der Waals surface area contributed by atoms with Crippen LogP contribution in [0.3, 0.4) is 0 Å². The maximum atomic E-state index is 13.3. The predicted octanol–water partition coefficient (Wildman–Crippen LogP) is 4.14. The number of halogens is 3. The SMILES string of the molecule is CCn1ncc2c(C(F)(F)F)cc(-c3ccccc3)nc21. The standard InChI is InChI=1S/C15H12F3N3/c1-2-21-14-11(9-19-21)12(15(16,17)18)8-13(20-14)10-6-4-3-5-7-10/h3-9H,2H2,1H3. The lowest BCUT2D eigenvalue weighted by atomic mass is 10.1. The van der Waals surface area contributed by atoms with Crippen LogP contribution in [0.5, 0.6) is 0 Å². The Hall–Kier alpha value is -2.37. The third kappa shape index (κ3) is 2.37. The Morgan fingerprint density at radius 2 is 1.86 bits per heavy atom. The van der Waals surface area contributed by atoms with E-state index in [9.17, 15) is 13.2 Å². The molecule has 0 saturated heterocycles. The third-order valence-corrected chi connectivity index (χ3v) is 3.28. The number of pyridine rings is 1. The highest BCUT2D eigenvalue weighted by Gasteiger charge is 2.34. The van der Waals surface area contributed by atoms with Crippen molar-refractivity contribution in [3.05, 3.63) is 48.2 Å². The molecule has 0 aliphatic carbocycles. The van der Waals surface area contributed by atoms with Gasteiger partial charge in [-0.2, -0.15) is 18.3 Å². The van der Waals surface area contributed by atoms with Crippen LogP contribution in [0.2, 0.25) is 0 Å². The van der Waals surface area contributed by atoms with E-state index in [1.807, 2.05) is 13.0 Å². The molecule has 0 radical (unpaired) electrons. The van der Waals surface area contributed by atoms with E-state index in [0.717, 1.165) is 6.07 Å². The van der Waals surface area contributed by atoms with Gasteiger partial charge in [-0.15, -0.1) is 0 Å². The molecule has 3 nitrogen and oxygen atoms in total. The van der Waals surface area contributed by atoms with Crippen molar-refractivity contribution in [1.82, 2.24) is 14.8 Å². The van der Waals surface area contributed by atoms with Crippen LogP contribution in [-0.2, 0) is 12.7 Å². The first-order valence-electron chi connectivity index (χ1n) is 6.50. The van der Waals surface area contributed by atoms with Crippen molar-refractivity contribution in [3.8, 4) is 11.3 Å². The van der Waals surface area contributed by atoms with Gasteiger partial charge in [0.05, 0.1) is 22.8 Å². The minimum Gasteiger partial charge on any atom is -0.248 e. The first-order valence-corrected chi connectivity index (χ1v) is 6.50. The lowest BCUT2D eigenvalue weighted by Gasteiger charge is -2.11. The molecule has 0 aliphatic heterocycles. The zero-order chi connectivity index (χ0) is 15.0. The van der Waals surface area contributed by atoms with E-state index < -0.39 is 11.7 Å². The number of nitrogens with zero attached hydrogens (tertiary/aromatic N) is 3. The van der Waals surface area contributed by atoms with E-state index in [-0.39, 0.29) is 11.0 Å². The van der Waals surface area contributed by atoms with Gasteiger partial charge in [0, 0.05) is 12.1 Å². The second-order valence-electron chi connectivity index (χ2n) is 4.62. The summed E-state index contributed by atoms with van der Waals surface area (Å²) in [5.41, 5.74) is 0.497. The molecule has 0 atom stereocenters. The Bertz CT molecular complexity index is 776. The minimum absolute atomic E-state index is 0.0315. The molecule has 3 rings (SSSR count). The van der Waals surface area contributed by atoms with Crippen LogP contribution in [0.4, 0.5) is 13.2 Å². The molecule has 0 aliphatic rings. The molecule has 6 heteroatoms. The first-order chi connectivity index (χ1) is 10.0. The smallest absolute Gasteiger partial charge is 0.248 e. The molecule has 1 aromatic carbocycles. The fourth-order valence-corrected chi connectivity index (χ4v) is 2.27. The Morgan fingerprint density at radius 1 is 1.14 bits per heavy atom. The highest BCUT2D eigenvalue weighted by molar-refractivity contribution is 5.83. The Labute approximate surface area is 119 Å². The van der Waals surface area contributed by atoms with E-state index in [4.69, 9.17) is 0 Å². The van der Waals surface area contributed by atoms with E-state index in [1.54, 1.807) is 24.3 Å². The molecule has 0 amide bonds.